The molecule has 3 nitrogen and oxygen atoms in total. The molecule has 17 heavy (non-hydrogen) atoms. The average molecular weight is 233 g/mol. The Kier molecular flexibility index (Phi) is 3.27. The molecule has 0 saturated carbocycles. The highest BCUT2D eigenvalue weighted by Gasteiger charge is 2.24. The van der Waals surface area contributed by atoms with Crippen molar-refractivity contribution in [2.45, 2.75) is 19.4 Å². The van der Waals surface area contributed by atoms with Gasteiger partial charge in [-0.15, -0.1) is 6.58 Å². The van der Waals surface area contributed by atoms with Crippen LogP contribution in [0.15, 0.2) is 24.8 Å². The van der Waals surface area contributed by atoms with Crippen molar-refractivity contribution in [3.8, 4) is 11.5 Å². The molecular formula is C14H19NO2. The minimum absolute atomic E-state index is 0.401. The molecule has 92 valence electrons. The summed E-state index contributed by atoms with van der Waals surface area (Å²) in [5, 5.41) is 3.48. The third kappa shape index (κ3) is 2.09. The fraction of sp³-hybridized carbons (Fsp3) is 0.429. The molecule has 1 aliphatic heterocycles. The normalized spacial score (nSPS) is 22.3. The van der Waals surface area contributed by atoms with Gasteiger partial charge in [-0.3, -0.25) is 0 Å². The second-order valence-corrected chi connectivity index (χ2v) is 4.40. The van der Waals surface area contributed by atoms with E-state index >= 15 is 0 Å². The van der Waals surface area contributed by atoms with Crippen LogP contribution >= 0.6 is 0 Å². The number of nitrogens with one attached hydrogen (secondary N) is 1. The van der Waals surface area contributed by atoms with Crippen LogP contribution in [0.5, 0.6) is 11.5 Å². The van der Waals surface area contributed by atoms with Gasteiger partial charge in [0.25, 0.3) is 0 Å². The summed E-state index contributed by atoms with van der Waals surface area (Å²) in [6.07, 6.45) is 3.00. The molecule has 1 aromatic rings. The molecule has 0 aromatic heterocycles. The second kappa shape index (κ2) is 4.70. The summed E-state index contributed by atoms with van der Waals surface area (Å²) < 4.78 is 10.6. The lowest BCUT2D eigenvalue weighted by Crippen LogP contribution is -2.31. The Balaban J connectivity index is 2.41. The van der Waals surface area contributed by atoms with Gasteiger partial charge in [0.2, 0.25) is 0 Å². The lowest BCUT2D eigenvalue weighted by Gasteiger charge is -2.31. The molecule has 3 heteroatoms. The van der Waals surface area contributed by atoms with E-state index in [4.69, 9.17) is 9.47 Å². The van der Waals surface area contributed by atoms with Gasteiger partial charge in [0.15, 0.2) is 11.5 Å². The fourth-order valence-electron chi connectivity index (χ4n) is 2.29. The molecule has 0 radical (unpaired) electrons. The first-order chi connectivity index (χ1) is 8.19. The van der Waals surface area contributed by atoms with Crippen molar-refractivity contribution < 1.29 is 9.47 Å². The first kappa shape index (κ1) is 11.8. The number of fused-ring (bicyclic) bond motifs is 1. The van der Waals surface area contributed by atoms with Crippen LogP contribution in [0.3, 0.4) is 0 Å². The number of ether oxygens (including phenoxy) is 2. The Hall–Kier alpha value is -1.64. The Bertz CT molecular complexity index is 428. The molecule has 1 heterocycles. The van der Waals surface area contributed by atoms with Crippen LogP contribution in [0.1, 0.15) is 12.5 Å². The SMILES string of the molecule is C=CC1Cc2cc(OC)c(OC)cc2NC1C. The first-order valence-electron chi connectivity index (χ1n) is 5.83. The fourth-order valence-corrected chi connectivity index (χ4v) is 2.29. The van der Waals surface area contributed by atoms with Crippen molar-refractivity contribution >= 4 is 5.69 Å². The highest BCUT2D eigenvalue weighted by atomic mass is 16.5. The van der Waals surface area contributed by atoms with Crippen LogP contribution in [0.4, 0.5) is 5.69 Å². The highest BCUT2D eigenvalue weighted by molar-refractivity contribution is 5.62. The molecule has 2 atom stereocenters. The maximum atomic E-state index is 5.32. The molecule has 1 aromatic carbocycles. The van der Waals surface area contributed by atoms with Crippen LogP contribution in [-0.2, 0) is 6.42 Å². The summed E-state index contributed by atoms with van der Waals surface area (Å²) in [4.78, 5) is 0. The van der Waals surface area contributed by atoms with Gasteiger partial charge in [-0.2, -0.15) is 0 Å². The zero-order valence-corrected chi connectivity index (χ0v) is 10.6. The van der Waals surface area contributed by atoms with Crippen LogP contribution in [-0.4, -0.2) is 20.3 Å². The summed E-state index contributed by atoms with van der Waals surface area (Å²) in [6, 6.07) is 4.45. The molecule has 2 rings (SSSR count). The van der Waals surface area contributed by atoms with Crippen LogP contribution in [0, 0.1) is 5.92 Å². The van der Waals surface area contributed by atoms with E-state index in [0.717, 1.165) is 23.6 Å². The molecule has 1 aliphatic rings. The Morgan fingerprint density at radius 2 is 1.94 bits per heavy atom. The average Bonchev–Trinajstić information content (AvgIpc) is 2.36. The topological polar surface area (TPSA) is 30.5 Å². The van der Waals surface area contributed by atoms with Crippen molar-refractivity contribution in [1.29, 1.82) is 0 Å². The van der Waals surface area contributed by atoms with E-state index in [1.165, 1.54) is 5.56 Å². The summed E-state index contributed by atoms with van der Waals surface area (Å²) in [5.41, 5.74) is 2.39. The Morgan fingerprint density at radius 3 is 2.53 bits per heavy atom. The minimum Gasteiger partial charge on any atom is -0.493 e. The number of anilines is 1. The van der Waals surface area contributed by atoms with Gasteiger partial charge in [0.1, 0.15) is 0 Å². The van der Waals surface area contributed by atoms with Gasteiger partial charge in [0, 0.05) is 23.7 Å². The quantitative estimate of drug-likeness (QED) is 0.814. The summed E-state index contributed by atoms with van der Waals surface area (Å²) in [7, 11) is 3.32. The van der Waals surface area contributed by atoms with Gasteiger partial charge in [-0.05, 0) is 25.0 Å². The van der Waals surface area contributed by atoms with Crippen molar-refractivity contribution in [2.75, 3.05) is 19.5 Å². The van der Waals surface area contributed by atoms with Crippen molar-refractivity contribution in [3.63, 3.8) is 0 Å². The molecule has 0 spiro atoms. The number of hydrogen-bond donors (Lipinski definition) is 1. The van der Waals surface area contributed by atoms with Gasteiger partial charge >= 0.3 is 0 Å². The predicted octanol–water partition coefficient (Wildman–Crippen LogP) is 2.86. The summed E-state index contributed by atoms with van der Waals surface area (Å²) in [5.74, 6) is 2.01. The number of hydrogen-bond acceptors (Lipinski definition) is 3. The molecular weight excluding hydrogens is 214 g/mol. The number of methoxy groups -OCH3 is 2. The Morgan fingerprint density at radius 1 is 1.29 bits per heavy atom. The summed E-state index contributed by atoms with van der Waals surface area (Å²) in [6.45, 7) is 6.06. The second-order valence-electron chi connectivity index (χ2n) is 4.40. The van der Waals surface area contributed by atoms with E-state index in [0.29, 0.717) is 12.0 Å². The maximum Gasteiger partial charge on any atom is 0.162 e. The van der Waals surface area contributed by atoms with Gasteiger partial charge < -0.3 is 14.8 Å². The van der Waals surface area contributed by atoms with Crippen molar-refractivity contribution in [2.24, 2.45) is 5.92 Å². The van der Waals surface area contributed by atoms with Gasteiger partial charge in [0.05, 0.1) is 14.2 Å². The Labute approximate surface area is 102 Å². The van der Waals surface area contributed by atoms with E-state index in [9.17, 15) is 0 Å². The minimum atomic E-state index is 0.401. The van der Waals surface area contributed by atoms with Crippen LogP contribution in [0.2, 0.25) is 0 Å². The van der Waals surface area contributed by atoms with Crippen LogP contribution in [0.25, 0.3) is 0 Å². The lowest BCUT2D eigenvalue weighted by atomic mass is 9.88. The molecule has 0 amide bonds. The number of rotatable bonds is 3. The molecule has 0 bridgehead atoms. The van der Waals surface area contributed by atoms with Crippen molar-refractivity contribution in [3.05, 3.63) is 30.4 Å². The third-order valence-corrected chi connectivity index (χ3v) is 3.39. The molecule has 0 fully saturated rings. The summed E-state index contributed by atoms with van der Waals surface area (Å²) >= 11 is 0. The van der Waals surface area contributed by atoms with E-state index in [2.05, 4.69) is 18.8 Å². The van der Waals surface area contributed by atoms with Crippen molar-refractivity contribution in [1.82, 2.24) is 0 Å². The molecule has 0 saturated heterocycles. The monoisotopic (exact) mass is 233 g/mol. The van der Waals surface area contributed by atoms with E-state index in [1.807, 2.05) is 18.2 Å². The van der Waals surface area contributed by atoms with Crippen LogP contribution < -0.4 is 14.8 Å². The van der Waals surface area contributed by atoms with E-state index in [1.54, 1.807) is 14.2 Å². The maximum absolute atomic E-state index is 5.32. The largest absolute Gasteiger partial charge is 0.493 e. The third-order valence-electron chi connectivity index (χ3n) is 3.39. The standard InChI is InChI=1S/C14H19NO2/c1-5-10-6-11-7-13(16-3)14(17-4)8-12(11)15-9(10)2/h5,7-10,15H,1,6H2,2-4H3. The zero-order valence-electron chi connectivity index (χ0n) is 10.6. The molecule has 2 unspecified atom stereocenters. The van der Waals surface area contributed by atoms with Gasteiger partial charge in [-0.1, -0.05) is 6.08 Å². The first-order valence-corrected chi connectivity index (χ1v) is 5.83. The number of benzene rings is 1. The smallest absolute Gasteiger partial charge is 0.162 e. The molecule has 1 N–H and O–H groups in total. The van der Waals surface area contributed by atoms with E-state index < -0.39 is 0 Å². The van der Waals surface area contributed by atoms with E-state index in [-0.39, 0.29) is 0 Å². The lowest BCUT2D eigenvalue weighted by molar-refractivity contribution is 0.354. The molecule has 0 aliphatic carbocycles. The van der Waals surface area contributed by atoms with Gasteiger partial charge in [-0.25, -0.2) is 0 Å². The highest BCUT2D eigenvalue weighted by Crippen LogP contribution is 2.38. The predicted molar refractivity (Wildman–Crippen MR) is 70.0 cm³/mol. The zero-order chi connectivity index (χ0) is 12.4.